The summed E-state index contributed by atoms with van der Waals surface area (Å²) < 4.78 is 41.5. The van der Waals surface area contributed by atoms with Crippen LogP contribution in [0.1, 0.15) is 6.92 Å². The summed E-state index contributed by atoms with van der Waals surface area (Å²) in [6.07, 6.45) is 0. The van der Waals surface area contributed by atoms with Gasteiger partial charge in [-0.25, -0.2) is 17.9 Å². The third kappa shape index (κ3) is 2.86. The molecule has 1 aromatic heterocycles. The molecule has 1 fully saturated rings. The molecule has 1 aliphatic rings. The number of primary sulfonamides is 1. The van der Waals surface area contributed by atoms with Crippen LogP contribution >= 0.6 is 0 Å². The van der Waals surface area contributed by atoms with Crippen molar-refractivity contribution < 1.29 is 17.2 Å². The molecule has 0 saturated carbocycles. The number of para-hydroxylation sites is 1. The summed E-state index contributed by atoms with van der Waals surface area (Å²) in [5.74, 6) is -0.471. The molecule has 6 nitrogen and oxygen atoms in total. The Kier molecular flexibility index (Phi) is 3.37. The molecule has 0 spiro atoms. The van der Waals surface area contributed by atoms with Gasteiger partial charge in [-0.1, -0.05) is 13.0 Å². The summed E-state index contributed by atoms with van der Waals surface area (Å²) in [5, 5.41) is 5.11. The van der Waals surface area contributed by atoms with Crippen molar-refractivity contribution >= 4 is 27.1 Å². The zero-order valence-corrected chi connectivity index (χ0v) is 12.3. The van der Waals surface area contributed by atoms with Crippen LogP contribution in [0.5, 0.6) is 0 Å². The second kappa shape index (κ2) is 4.96. The van der Waals surface area contributed by atoms with Gasteiger partial charge in [0.15, 0.2) is 11.4 Å². The quantitative estimate of drug-likeness (QED) is 0.923. The minimum Gasteiger partial charge on any atom is -0.420 e. The first-order chi connectivity index (χ1) is 9.83. The van der Waals surface area contributed by atoms with Crippen LogP contribution in [0, 0.1) is 17.7 Å². The van der Waals surface area contributed by atoms with Crippen molar-refractivity contribution in [2.24, 2.45) is 17.0 Å². The Morgan fingerprint density at radius 3 is 2.90 bits per heavy atom. The van der Waals surface area contributed by atoms with Crippen molar-refractivity contribution in [3.63, 3.8) is 0 Å². The van der Waals surface area contributed by atoms with E-state index in [1.165, 1.54) is 6.07 Å². The highest BCUT2D eigenvalue weighted by Gasteiger charge is 2.34. The van der Waals surface area contributed by atoms with Crippen LogP contribution < -0.4 is 10.0 Å². The van der Waals surface area contributed by atoms with E-state index in [0.717, 1.165) is 0 Å². The Hall–Kier alpha value is -1.67. The maximum atomic E-state index is 13.6. The maximum absolute atomic E-state index is 13.6. The van der Waals surface area contributed by atoms with Gasteiger partial charge in [-0.05, 0) is 24.0 Å². The molecule has 0 amide bonds. The standard InChI is InChI=1S/C13H16FN3O3S/c1-8-5-17(6-9(8)7-21(15,18)19)13-16-11-4-2-3-10(14)12(11)20-13/h2-4,8-9H,5-7H2,1H3,(H2,15,18,19)/t8-,9+/m1/s1. The number of anilines is 1. The van der Waals surface area contributed by atoms with E-state index in [9.17, 15) is 12.8 Å². The van der Waals surface area contributed by atoms with Gasteiger partial charge in [-0.2, -0.15) is 4.98 Å². The molecule has 21 heavy (non-hydrogen) atoms. The van der Waals surface area contributed by atoms with Gasteiger partial charge in [0.1, 0.15) is 5.52 Å². The van der Waals surface area contributed by atoms with E-state index in [1.807, 2.05) is 11.8 Å². The lowest BCUT2D eigenvalue weighted by atomic mass is 10.0. The van der Waals surface area contributed by atoms with Gasteiger partial charge in [0.2, 0.25) is 10.0 Å². The maximum Gasteiger partial charge on any atom is 0.298 e. The number of oxazole rings is 1. The molecule has 1 aromatic carbocycles. The van der Waals surface area contributed by atoms with E-state index in [4.69, 9.17) is 9.56 Å². The first-order valence-electron chi connectivity index (χ1n) is 6.64. The highest BCUT2D eigenvalue weighted by molar-refractivity contribution is 7.89. The van der Waals surface area contributed by atoms with Gasteiger partial charge >= 0.3 is 0 Å². The van der Waals surface area contributed by atoms with Gasteiger partial charge in [0, 0.05) is 13.1 Å². The van der Waals surface area contributed by atoms with Crippen LogP contribution in [0.4, 0.5) is 10.4 Å². The molecule has 2 aromatic rings. The topological polar surface area (TPSA) is 89.4 Å². The number of nitrogens with two attached hydrogens (primary N) is 1. The highest BCUT2D eigenvalue weighted by Crippen LogP contribution is 2.31. The smallest absolute Gasteiger partial charge is 0.298 e. The predicted octanol–water partition coefficient (Wildman–Crippen LogP) is 1.33. The number of hydrogen-bond acceptors (Lipinski definition) is 5. The summed E-state index contributed by atoms with van der Waals surface area (Å²) >= 11 is 0. The molecule has 0 bridgehead atoms. The molecule has 2 atom stereocenters. The Morgan fingerprint density at radius 2 is 2.24 bits per heavy atom. The lowest BCUT2D eigenvalue weighted by Crippen LogP contribution is -2.27. The molecule has 0 unspecified atom stereocenters. The average Bonchev–Trinajstić information content (AvgIpc) is 2.93. The monoisotopic (exact) mass is 313 g/mol. The fraction of sp³-hybridized carbons (Fsp3) is 0.462. The fourth-order valence-electron chi connectivity index (χ4n) is 2.74. The summed E-state index contributed by atoms with van der Waals surface area (Å²) in [6.45, 7) is 3.04. The summed E-state index contributed by atoms with van der Waals surface area (Å²) in [5.41, 5.74) is 0.572. The van der Waals surface area contributed by atoms with E-state index < -0.39 is 15.8 Å². The fourth-order valence-corrected chi connectivity index (χ4v) is 3.78. The molecular weight excluding hydrogens is 297 g/mol. The third-order valence-electron chi connectivity index (χ3n) is 3.84. The normalized spacial score (nSPS) is 23.1. The lowest BCUT2D eigenvalue weighted by Gasteiger charge is -2.12. The van der Waals surface area contributed by atoms with Crippen LogP contribution in [0.15, 0.2) is 22.6 Å². The zero-order valence-electron chi connectivity index (χ0n) is 11.5. The number of rotatable bonds is 3. The van der Waals surface area contributed by atoms with Crippen molar-refractivity contribution in [2.75, 3.05) is 23.7 Å². The number of hydrogen-bond donors (Lipinski definition) is 1. The zero-order chi connectivity index (χ0) is 15.2. The molecule has 114 valence electrons. The van der Waals surface area contributed by atoms with Gasteiger partial charge in [-0.15, -0.1) is 0 Å². The summed E-state index contributed by atoms with van der Waals surface area (Å²) in [4.78, 5) is 6.09. The minimum absolute atomic E-state index is 0.0702. The number of sulfonamides is 1. The Labute approximate surface area is 121 Å². The van der Waals surface area contributed by atoms with Crippen molar-refractivity contribution in [3.8, 4) is 0 Å². The second-order valence-corrected chi connectivity index (χ2v) is 7.22. The molecular formula is C13H16FN3O3S. The predicted molar refractivity (Wildman–Crippen MR) is 76.8 cm³/mol. The van der Waals surface area contributed by atoms with Crippen LogP contribution in [-0.4, -0.2) is 32.2 Å². The van der Waals surface area contributed by atoms with E-state index in [0.29, 0.717) is 24.6 Å². The number of fused-ring (bicyclic) bond motifs is 1. The van der Waals surface area contributed by atoms with Crippen molar-refractivity contribution in [1.82, 2.24) is 4.98 Å². The molecule has 1 aliphatic heterocycles. The average molecular weight is 313 g/mol. The third-order valence-corrected chi connectivity index (χ3v) is 4.73. The molecule has 1 saturated heterocycles. The number of nitrogens with zero attached hydrogens (tertiary/aromatic N) is 2. The van der Waals surface area contributed by atoms with Gasteiger partial charge in [0.05, 0.1) is 5.75 Å². The first kappa shape index (κ1) is 14.3. The van der Waals surface area contributed by atoms with E-state index in [-0.39, 0.29) is 23.2 Å². The van der Waals surface area contributed by atoms with Crippen LogP contribution in [0.3, 0.4) is 0 Å². The Morgan fingerprint density at radius 1 is 1.48 bits per heavy atom. The molecule has 3 rings (SSSR count). The lowest BCUT2D eigenvalue weighted by molar-refractivity contribution is 0.486. The number of halogens is 1. The minimum atomic E-state index is -3.52. The molecule has 0 radical (unpaired) electrons. The molecule has 2 N–H and O–H groups in total. The first-order valence-corrected chi connectivity index (χ1v) is 8.35. The van der Waals surface area contributed by atoms with Gasteiger partial charge < -0.3 is 9.32 Å². The summed E-state index contributed by atoms with van der Waals surface area (Å²) in [7, 11) is -3.52. The van der Waals surface area contributed by atoms with E-state index in [2.05, 4.69) is 4.98 Å². The van der Waals surface area contributed by atoms with E-state index in [1.54, 1.807) is 12.1 Å². The highest BCUT2D eigenvalue weighted by atomic mass is 32.2. The van der Waals surface area contributed by atoms with Crippen molar-refractivity contribution in [3.05, 3.63) is 24.0 Å². The number of benzene rings is 1. The van der Waals surface area contributed by atoms with Gasteiger partial charge in [0.25, 0.3) is 6.01 Å². The van der Waals surface area contributed by atoms with Crippen molar-refractivity contribution in [2.45, 2.75) is 6.92 Å². The molecule has 2 heterocycles. The molecule has 0 aliphatic carbocycles. The van der Waals surface area contributed by atoms with Crippen LogP contribution in [-0.2, 0) is 10.0 Å². The summed E-state index contributed by atoms with van der Waals surface area (Å²) in [6, 6.07) is 4.87. The van der Waals surface area contributed by atoms with E-state index >= 15 is 0 Å². The van der Waals surface area contributed by atoms with Crippen LogP contribution in [0.25, 0.3) is 11.1 Å². The van der Waals surface area contributed by atoms with Crippen molar-refractivity contribution in [1.29, 1.82) is 0 Å². The Balaban J connectivity index is 1.85. The largest absolute Gasteiger partial charge is 0.420 e. The Bertz CT molecular complexity index is 774. The van der Waals surface area contributed by atoms with Crippen LogP contribution in [0.2, 0.25) is 0 Å². The number of aromatic nitrogens is 1. The van der Waals surface area contributed by atoms with Gasteiger partial charge in [-0.3, -0.25) is 0 Å². The SMILES string of the molecule is C[C@@H]1CN(c2nc3cccc(F)c3o2)C[C@H]1CS(N)(=O)=O. The second-order valence-electron chi connectivity index (χ2n) is 5.56. The molecule has 8 heteroatoms.